The summed E-state index contributed by atoms with van der Waals surface area (Å²) >= 11 is 0. The third kappa shape index (κ3) is 2.15. The smallest absolute Gasteiger partial charge is 0.0918 e. The maximum Gasteiger partial charge on any atom is 0.0918 e. The Morgan fingerprint density at radius 2 is 1.62 bits per heavy atom. The van der Waals surface area contributed by atoms with E-state index in [-0.39, 0.29) is 0 Å². The van der Waals surface area contributed by atoms with Crippen molar-refractivity contribution in [2.75, 3.05) is 0 Å². The molecule has 2 heteroatoms. The molecule has 0 aliphatic heterocycles. The quantitative estimate of drug-likeness (QED) is 0.708. The van der Waals surface area contributed by atoms with Gasteiger partial charge in [-0.1, -0.05) is 30.3 Å². The molecular weight excluding hydrogens is 196 g/mol. The minimum atomic E-state index is 0.922. The lowest BCUT2D eigenvalue weighted by Crippen LogP contribution is -1.87. The van der Waals surface area contributed by atoms with Crippen LogP contribution in [0.25, 0.3) is 5.57 Å². The third-order valence-electron chi connectivity index (χ3n) is 2.29. The van der Waals surface area contributed by atoms with Crippen LogP contribution in [0.3, 0.4) is 0 Å². The SMILES string of the molecule is N#C/C=C(/c1ccccc1)c1ccncc1. The Morgan fingerprint density at radius 1 is 1.00 bits per heavy atom. The van der Waals surface area contributed by atoms with Crippen LogP contribution >= 0.6 is 0 Å². The second-order valence-corrected chi connectivity index (χ2v) is 3.29. The summed E-state index contributed by atoms with van der Waals surface area (Å²) in [6.07, 6.45) is 5.01. The molecule has 0 fully saturated rings. The molecule has 0 amide bonds. The van der Waals surface area contributed by atoms with Gasteiger partial charge in [-0.25, -0.2) is 0 Å². The Balaban J connectivity index is 2.50. The Morgan fingerprint density at radius 3 is 2.25 bits per heavy atom. The summed E-state index contributed by atoms with van der Waals surface area (Å²) in [5.41, 5.74) is 2.96. The van der Waals surface area contributed by atoms with Crippen molar-refractivity contribution >= 4 is 5.57 Å². The second-order valence-electron chi connectivity index (χ2n) is 3.29. The van der Waals surface area contributed by atoms with E-state index in [0.29, 0.717) is 0 Å². The number of nitrogens with zero attached hydrogens (tertiary/aromatic N) is 2. The number of nitriles is 1. The fraction of sp³-hybridized carbons (Fsp3) is 0. The molecule has 0 N–H and O–H groups in total. The Kier molecular flexibility index (Phi) is 3.10. The molecule has 16 heavy (non-hydrogen) atoms. The number of hydrogen-bond acceptors (Lipinski definition) is 2. The van der Waals surface area contributed by atoms with Gasteiger partial charge in [-0.3, -0.25) is 4.98 Å². The van der Waals surface area contributed by atoms with Crippen LogP contribution in [0, 0.1) is 11.3 Å². The van der Waals surface area contributed by atoms with E-state index >= 15 is 0 Å². The molecule has 1 aromatic carbocycles. The molecule has 0 saturated carbocycles. The Labute approximate surface area is 94.5 Å². The lowest BCUT2D eigenvalue weighted by Gasteiger charge is -2.05. The summed E-state index contributed by atoms with van der Waals surface area (Å²) in [5.74, 6) is 0. The summed E-state index contributed by atoms with van der Waals surface area (Å²) in [4.78, 5) is 3.97. The first-order chi connectivity index (χ1) is 7.92. The van der Waals surface area contributed by atoms with Crippen LogP contribution in [0.15, 0.2) is 60.9 Å². The topological polar surface area (TPSA) is 36.7 Å². The zero-order chi connectivity index (χ0) is 11.2. The van der Waals surface area contributed by atoms with Crippen molar-refractivity contribution in [3.63, 3.8) is 0 Å². The van der Waals surface area contributed by atoms with Gasteiger partial charge >= 0.3 is 0 Å². The summed E-state index contributed by atoms with van der Waals surface area (Å²) < 4.78 is 0. The second kappa shape index (κ2) is 4.90. The van der Waals surface area contributed by atoms with Gasteiger partial charge in [-0.15, -0.1) is 0 Å². The number of aromatic nitrogens is 1. The van der Waals surface area contributed by atoms with E-state index in [1.165, 1.54) is 0 Å². The molecule has 0 atom stereocenters. The maximum atomic E-state index is 8.82. The van der Waals surface area contributed by atoms with E-state index < -0.39 is 0 Å². The minimum absolute atomic E-state index is 0.922. The molecule has 2 rings (SSSR count). The number of allylic oxidation sites excluding steroid dienone is 1. The van der Waals surface area contributed by atoms with Gasteiger partial charge in [0.1, 0.15) is 0 Å². The lowest BCUT2D eigenvalue weighted by atomic mass is 9.99. The highest BCUT2D eigenvalue weighted by Gasteiger charge is 2.03. The fourth-order valence-electron chi connectivity index (χ4n) is 1.55. The average molecular weight is 206 g/mol. The van der Waals surface area contributed by atoms with Crippen LogP contribution in [0.4, 0.5) is 0 Å². The predicted octanol–water partition coefficient (Wildman–Crippen LogP) is 3.04. The van der Waals surface area contributed by atoms with Gasteiger partial charge in [0, 0.05) is 18.5 Å². The molecule has 0 aliphatic carbocycles. The molecule has 1 aromatic heterocycles. The summed E-state index contributed by atoms with van der Waals surface area (Å²) in [5, 5.41) is 8.82. The molecule has 0 spiro atoms. The van der Waals surface area contributed by atoms with E-state index in [9.17, 15) is 0 Å². The van der Waals surface area contributed by atoms with Crippen LogP contribution in [0.1, 0.15) is 11.1 Å². The monoisotopic (exact) mass is 206 g/mol. The highest BCUT2D eigenvalue weighted by atomic mass is 14.6. The first-order valence-corrected chi connectivity index (χ1v) is 4.97. The molecular formula is C14H10N2. The Hall–Kier alpha value is -2.40. The standard InChI is InChI=1S/C14H10N2/c15-9-6-14(12-4-2-1-3-5-12)13-7-10-16-11-8-13/h1-8,10-11H/b14-6-. The van der Waals surface area contributed by atoms with Crippen LogP contribution in [-0.4, -0.2) is 4.98 Å². The van der Waals surface area contributed by atoms with Crippen LogP contribution < -0.4 is 0 Å². The predicted molar refractivity (Wildman–Crippen MR) is 63.4 cm³/mol. The summed E-state index contributed by atoms with van der Waals surface area (Å²) in [6.45, 7) is 0. The minimum Gasteiger partial charge on any atom is -0.265 e. The molecule has 2 nitrogen and oxygen atoms in total. The molecule has 0 bridgehead atoms. The van der Waals surface area contributed by atoms with Crippen molar-refractivity contribution in [1.29, 1.82) is 5.26 Å². The van der Waals surface area contributed by atoms with Gasteiger partial charge in [-0.2, -0.15) is 5.26 Å². The highest BCUT2D eigenvalue weighted by Crippen LogP contribution is 2.21. The first kappa shape index (κ1) is 10.1. The van der Waals surface area contributed by atoms with E-state index in [1.54, 1.807) is 18.5 Å². The molecule has 0 aliphatic rings. The number of benzene rings is 1. The van der Waals surface area contributed by atoms with Crippen molar-refractivity contribution < 1.29 is 0 Å². The van der Waals surface area contributed by atoms with Crippen molar-refractivity contribution in [2.24, 2.45) is 0 Å². The van der Waals surface area contributed by atoms with Crippen molar-refractivity contribution in [3.05, 3.63) is 72.1 Å². The first-order valence-electron chi connectivity index (χ1n) is 4.97. The number of pyridine rings is 1. The molecule has 0 radical (unpaired) electrons. The zero-order valence-electron chi connectivity index (χ0n) is 8.67. The fourth-order valence-corrected chi connectivity index (χ4v) is 1.55. The lowest BCUT2D eigenvalue weighted by molar-refractivity contribution is 1.31. The van der Waals surface area contributed by atoms with Gasteiger partial charge < -0.3 is 0 Å². The molecule has 2 aromatic rings. The van der Waals surface area contributed by atoms with Gasteiger partial charge in [0.15, 0.2) is 0 Å². The van der Waals surface area contributed by atoms with Crippen molar-refractivity contribution in [1.82, 2.24) is 4.98 Å². The van der Waals surface area contributed by atoms with Gasteiger partial charge in [-0.05, 0) is 28.8 Å². The summed E-state index contributed by atoms with van der Waals surface area (Å²) in [7, 11) is 0. The van der Waals surface area contributed by atoms with Gasteiger partial charge in [0.25, 0.3) is 0 Å². The van der Waals surface area contributed by atoms with E-state index in [4.69, 9.17) is 5.26 Å². The molecule has 0 saturated heterocycles. The number of rotatable bonds is 2. The van der Waals surface area contributed by atoms with Crippen molar-refractivity contribution in [2.45, 2.75) is 0 Å². The largest absolute Gasteiger partial charge is 0.265 e. The van der Waals surface area contributed by atoms with Gasteiger partial charge in [0.2, 0.25) is 0 Å². The average Bonchev–Trinajstić information content (AvgIpc) is 2.38. The van der Waals surface area contributed by atoms with E-state index in [2.05, 4.69) is 11.1 Å². The highest BCUT2D eigenvalue weighted by molar-refractivity contribution is 5.80. The van der Waals surface area contributed by atoms with Crippen molar-refractivity contribution in [3.8, 4) is 6.07 Å². The van der Waals surface area contributed by atoms with E-state index in [0.717, 1.165) is 16.7 Å². The zero-order valence-corrected chi connectivity index (χ0v) is 8.67. The van der Waals surface area contributed by atoms with E-state index in [1.807, 2.05) is 42.5 Å². The van der Waals surface area contributed by atoms with Crippen LogP contribution in [0.5, 0.6) is 0 Å². The molecule has 76 valence electrons. The third-order valence-corrected chi connectivity index (χ3v) is 2.29. The molecule has 1 heterocycles. The molecule has 0 unspecified atom stereocenters. The summed E-state index contributed by atoms with van der Waals surface area (Å²) in [6, 6.07) is 15.7. The van der Waals surface area contributed by atoms with Gasteiger partial charge in [0.05, 0.1) is 6.07 Å². The van der Waals surface area contributed by atoms with Crippen LogP contribution in [0.2, 0.25) is 0 Å². The Bertz CT molecular complexity index is 480. The maximum absolute atomic E-state index is 8.82. The normalized spacial score (nSPS) is 10.8. The van der Waals surface area contributed by atoms with Crippen LogP contribution in [-0.2, 0) is 0 Å². The number of hydrogen-bond donors (Lipinski definition) is 0.